The van der Waals surface area contributed by atoms with Crippen molar-refractivity contribution in [3.05, 3.63) is 0 Å². The molecular weight excluding hydrogens is 116 g/mol. The minimum Gasteiger partial charge on any atom is -0.395 e. The number of hydrogen-bond acceptors (Lipinski definition) is 3. The molecule has 0 radical (unpaired) electrons. The molecule has 0 aliphatic carbocycles. The van der Waals surface area contributed by atoms with Crippen molar-refractivity contribution in [2.24, 2.45) is 5.73 Å². The van der Waals surface area contributed by atoms with Crippen molar-refractivity contribution < 1.29 is 5.11 Å². The van der Waals surface area contributed by atoms with Crippen molar-refractivity contribution in [2.75, 3.05) is 19.7 Å². The van der Waals surface area contributed by atoms with Gasteiger partial charge in [0.1, 0.15) is 0 Å². The summed E-state index contributed by atoms with van der Waals surface area (Å²) in [5, 5.41) is 11.5. The quantitative estimate of drug-likeness (QED) is 0.464. The first-order valence-electron chi connectivity index (χ1n) is 3.35. The molecule has 3 nitrogen and oxygen atoms in total. The van der Waals surface area contributed by atoms with Gasteiger partial charge in [0, 0.05) is 12.6 Å². The van der Waals surface area contributed by atoms with Crippen LogP contribution >= 0.6 is 0 Å². The summed E-state index contributed by atoms with van der Waals surface area (Å²) in [7, 11) is 0. The van der Waals surface area contributed by atoms with E-state index in [1.54, 1.807) is 0 Å². The highest BCUT2D eigenvalue weighted by Gasteiger charge is 1.95. The van der Waals surface area contributed by atoms with Gasteiger partial charge >= 0.3 is 0 Å². The van der Waals surface area contributed by atoms with E-state index >= 15 is 0 Å². The first-order chi connectivity index (χ1) is 4.31. The molecule has 0 bridgehead atoms. The molecule has 0 aromatic carbocycles. The fraction of sp³-hybridized carbons (Fsp3) is 1.00. The Kier molecular flexibility index (Phi) is 5.93. The number of aliphatic hydroxyl groups excluding tert-OH is 1. The second-order valence-corrected chi connectivity index (χ2v) is 2.16. The van der Waals surface area contributed by atoms with E-state index in [0.29, 0.717) is 19.1 Å². The van der Waals surface area contributed by atoms with E-state index in [-0.39, 0.29) is 6.61 Å². The van der Waals surface area contributed by atoms with Gasteiger partial charge < -0.3 is 16.2 Å². The molecule has 0 heterocycles. The Bertz CT molecular complexity index is 59.0. The molecule has 56 valence electrons. The van der Waals surface area contributed by atoms with Crippen molar-refractivity contribution >= 4 is 0 Å². The van der Waals surface area contributed by atoms with Crippen LogP contribution in [0.2, 0.25) is 0 Å². The summed E-state index contributed by atoms with van der Waals surface area (Å²) in [6, 6.07) is 0.433. The molecule has 4 N–H and O–H groups in total. The summed E-state index contributed by atoms with van der Waals surface area (Å²) in [5.41, 5.74) is 5.30. The molecule has 3 heteroatoms. The van der Waals surface area contributed by atoms with Crippen LogP contribution in [0.15, 0.2) is 0 Å². The SMILES string of the molecule is CC(CCN)NCCO. The van der Waals surface area contributed by atoms with Gasteiger partial charge in [-0.05, 0) is 19.9 Å². The molecular formula is C6H16N2O. The zero-order valence-electron chi connectivity index (χ0n) is 5.93. The molecule has 0 spiro atoms. The molecule has 0 aromatic rings. The van der Waals surface area contributed by atoms with Gasteiger partial charge in [-0.15, -0.1) is 0 Å². The van der Waals surface area contributed by atoms with Crippen LogP contribution in [-0.4, -0.2) is 30.8 Å². The van der Waals surface area contributed by atoms with Gasteiger partial charge in [-0.1, -0.05) is 0 Å². The predicted octanol–water partition coefficient (Wildman–Crippen LogP) is -0.694. The maximum Gasteiger partial charge on any atom is 0.0556 e. The summed E-state index contributed by atoms with van der Waals surface area (Å²) in [6.07, 6.45) is 0.972. The lowest BCUT2D eigenvalue weighted by Crippen LogP contribution is -2.30. The second-order valence-electron chi connectivity index (χ2n) is 2.16. The smallest absolute Gasteiger partial charge is 0.0556 e. The lowest BCUT2D eigenvalue weighted by molar-refractivity contribution is 0.284. The van der Waals surface area contributed by atoms with E-state index in [2.05, 4.69) is 12.2 Å². The standard InChI is InChI=1S/C6H16N2O/c1-6(2-3-7)8-4-5-9/h6,8-9H,2-5,7H2,1H3. The Labute approximate surface area is 56.2 Å². The maximum atomic E-state index is 8.39. The van der Waals surface area contributed by atoms with E-state index in [1.165, 1.54) is 0 Å². The highest BCUT2D eigenvalue weighted by Crippen LogP contribution is 1.84. The topological polar surface area (TPSA) is 58.3 Å². The molecule has 0 aromatic heterocycles. The van der Waals surface area contributed by atoms with Crippen molar-refractivity contribution in [3.63, 3.8) is 0 Å². The van der Waals surface area contributed by atoms with Gasteiger partial charge in [0.15, 0.2) is 0 Å². The molecule has 1 unspecified atom stereocenters. The first-order valence-corrected chi connectivity index (χ1v) is 3.35. The van der Waals surface area contributed by atoms with Crippen LogP contribution in [0, 0.1) is 0 Å². The third kappa shape index (κ3) is 5.76. The predicted molar refractivity (Wildman–Crippen MR) is 38.2 cm³/mol. The first kappa shape index (κ1) is 8.88. The number of aliphatic hydroxyl groups is 1. The van der Waals surface area contributed by atoms with Gasteiger partial charge in [-0.25, -0.2) is 0 Å². The Morgan fingerprint density at radius 1 is 1.67 bits per heavy atom. The van der Waals surface area contributed by atoms with Crippen molar-refractivity contribution in [2.45, 2.75) is 19.4 Å². The fourth-order valence-electron chi connectivity index (χ4n) is 0.663. The summed E-state index contributed by atoms with van der Waals surface area (Å²) < 4.78 is 0. The molecule has 0 rings (SSSR count). The zero-order chi connectivity index (χ0) is 7.11. The Balaban J connectivity index is 2.95. The monoisotopic (exact) mass is 132 g/mol. The van der Waals surface area contributed by atoms with E-state index < -0.39 is 0 Å². The fourth-order valence-corrected chi connectivity index (χ4v) is 0.663. The zero-order valence-corrected chi connectivity index (χ0v) is 5.93. The van der Waals surface area contributed by atoms with Crippen molar-refractivity contribution in [1.29, 1.82) is 0 Å². The van der Waals surface area contributed by atoms with Crippen LogP contribution in [0.5, 0.6) is 0 Å². The van der Waals surface area contributed by atoms with Crippen LogP contribution in [-0.2, 0) is 0 Å². The second kappa shape index (κ2) is 6.01. The van der Waals surface area contributed by atoms with Crippen molar-refractivity contribution in [3.8, 4) is 0 Å². The Morgan fingerprint density at radius 2 is 2.33 bits per heavy atom. The molecule has 0 amide bonds. The van der Waals surface area contributed by atoms with Crippen LogP contribution in [0.3, 0.4) is 0 Å². The lowest BCUT2D eigenvalue weighted by Gasteiger charge is -2.09. The minimum atomic E-state index is 0.203. The molecule has 0 saturated heterocycles. The summed E-state index contributed by atoms with van der Waals surface area (Å²) in [4.78, 5) is 0. The van der Waals surface area contributed by atoms with Gasteiger partial charge in [0.25, 0.3) is 0 Å². The highest BCUT2D eigenvalue weighted by molar-refractivity contribution is 4.59. The van der Waals surface area contributed by atoms with Gasteiger partial charge in [0.2, 0.25) is 0 Å². The van der Waals surface area contributed by atoms with Gasteiger partial charge in [-0.2, -0.15) is 0 Å². The molecule has 0 aliphatic heterocycles. The number of hydrogen-bond donors (Lipinski definition) is 3. The Morgan fingerprint density at radius 3 is 2.78 bits per heavy atom. The van der Waals surface area contributed by atoms with E-state index in [4.69, 9.17) is 10.8 Å². The maximum absolute atomic E-state index is 8.39. The van der Waals surface area contributed by atoms with Crippen LogP contribution in [0.1, 0.15) is 13.3 Å². The number of nitrogens with two attached hydrogens (primary N) is 1. The minimum absolute atomic E-state index is 0.203. The molecule has 0 fully saturated rings. The molecule has 0 saturated carbocycles. The van der Waals surface area contributed by atoms with E-state index in [0.717, 1.165) is 6.42 Å². The average Bonchev–Trinajstić information content (AvgIpc) is 1.85. The lowest BCUT2D eigenvalue weighted by atomic mass is 10.2. The molecule has 9 heavy (non-hydrogen) atoms. The van der Waals surface area contributed by atoms with Crippen LogP contribution in [0.4, 0.5) is 0 Å². The third-order valence-electron chi connectivity index (χ3n) is 1.20. The summed E-state index contributed by atoms with van der Waals surface area (Å²) in [6.45, 7) is 3.64. The van der Waals surface area contributed by atoms with E-state index in [1.807, 2.05) is 0 Å². The van der Waals surface area contributed by atoms with Crippen LogP contribution in [0.25, 0.3) is 0 Å². The molecule has 1 atom stereocenters. The largest absolute Gasteiger partial charge is 0.395 e. The van der Waals surface area contributed by atoms with Gasteiger partial charge in [0.05, 0.1) is 6.61 Å². The van der Waals surface area contributed by atoms with Crippen LogP contribution < -0.4 is 11.1 Å². The normalized spacial score (nSPS) is 13.7. The summed E-state index contributed by atoms with van der Waals surface area (Å²) in [5.74, 6) is 0. The highest BCUT2D eigenvalue weighted by atomic mass is 16.3. The number of nitrogens with one attached hydrogen (secondary N) is 1. The Hall–Kier alpha value is -0.120. The van der Waals surface area contributed by atoms with Gasteiger partial charge in [-0.3, -0.25) is 0 Å². The third-order valence-corrected chi connectivity index (χ3v) is 1.20. The van der Waals surface area contributed by atoms with E-state index in [9.17, 15) is 0 Å². The average molecular weight is 132 g/mol. The summed E-state index contributed by atoms with van der Waals surface area (Å²) >= 11 is 0. The molecule has 0 aliphatic rings. The van der Waals surface area contributed by atoms with Crippen molar-refractivity contribution in [1.82, 2.24) is 5.32 Å². The number of rotatable bonds is 5.